The number of nitrogens with one attached hydrogen (secondary N) is 1. The average molecular weight is 413 g/mol. The number of carbonyl (C=O) groups is 1. The lowest BCUT2D eigenvalue weighted by Crippen LogP contribution is -2.14. The molecule has 0 unspecified atom stereocenters. The highest BCUT2D eigenvalue weighted by atomic mass is 16.5. The van der Waals surface area contributed by atoms with Crippen LogP contribution in [0.25, 0.3) is 5.82 Å². The van der Waals surface area contributed by atoms with Crippen molar-refractivity contribution in [1.82, 2.24) is 19.7 Å². The molecule has 0 atom stereocenters. The Morgan fingerprint density at radius 3 is 2.39 bits per heavy atom. The van der Waals surface area contributed by atoms with Crippen molar-refractivity contribution in [3.05, 3.63) is 89.5 Å². The molecule has 4 rings (SSSR count). The van der Waals surface area contributed by atoms with Gasteiger partial charge in [-0.3, -0.25) is 4.79 Å². The minimum atomic E-state index is -0.0687. The van der Waals surface area contributed by atoms with Crippen molar-refractivity contribution < 1.29 is 9.53 Å². The Balaban J connectivity index is 1.44. The van der Waals surface area contributed by atoms with E-state index in [9.17, 15) is 4.79 Å². The predicted molar refractivity (Wildman–Crippen MR) is 119 cm³/mol. The fraction of sp³-hybridized carbons (Fsp3) is 0.167. The molecular weight excluding hydrogens is 390 g/mol. The monoisotopic (exact) mass is 413 g/mol. The average Bonchev–Trinajstić information content (AvgIpc) is 3.08. The molecule has 0 aliphatic rings. The second kappa shape index (κ2) is 8.79. The van der Waals surface area contributed by atoms with Crippen LogP contribution in [0.1, 0.15) is 22.8 Å². The van der Waals surface area contributed by atoms with E-state index in [4.69, 9.17) is 4.74 Å². The molecule has 2 aromatic heterocycles. The summed E-state index contributed by atoms with van der Waals surface area (Å²) in [7, 11) is 0. The van der Waals surface area contributed by atoms with E-state index in [0.717, 1.165) is 17.0 Å². The van der Waals surface area contributed by atoms with Crippen LogP contribution in [0.5, 0.6) is 11.6 Å². The van der Waals surface area contributed by atoms with Crippen molar-refractivity contribution in [2.45, 2.75) is 27.2 Å². The number of nitrogens with zero attached hydrogens (tertiary/aromatic N) is 4. The molecule has 2 aromatic carbocycles. The molecule has 156 valence electrons. The lowest BCUT2D eigenvalue weighted by atomic mass is 10.1. The minimum absolute atomic E-state index is 0.0687. The third-order valence-electron chi connectivity index (χ3n) is 4.60. The zero-order chi connectivity index (χ0) is 21.8. The Kier molecular flexibility index (Phi) is 5.75. The van der Waals surface area contributed by atoms with Crippen molar-refractivity contribution in [2.75, 3.05) is 5.32 Å². The maximum absolute atomic E-state index is 12.2. The second-order valence-electron chi connectivity index (χ2n) is 7.29. The van der Waals surface area contributed by atoms with Crippen LogP contribution >= 0.6 is 0 Å². The summed E-state index contributed by atoms with van der Waals surface area (Å²) in [4.78, 5) is 21.1. The van der Waals surface area contributed by atoms with Gasteiger partial charge in [-0.2, -0.15) is 10.1 Å². The molecule has 0 spiro atoms. The van der Waals surface area contributed by atoms with E-state index < -0.39 is 0 Å². The number of hydrogen-bond donors (Lipinski definition) is 1. The van der Waals surface area contributed by atoms with Crippen LogP contribution in [0.15, 0.2) is 66.7 Å². The third kappa shape index (κ3) is 5.14. The highest BCUT2D eigenvalue weighted by Gasteiger charge is 2.10. The van der Waals surface area contributed by atoms with Gasteiger partial charge in [-0.25, -0.2) is 9.67 Å². The molecule has 0 saturated heterocycles. The molecule has 1 N–H and O–H groups in total. The number of carbonyl (C=O) groups excluding carboxylic acids is 1. The van der Waals surface area contributed by atoms with Crippen LogP contribution in [-0.4, -0.2) is 25.7 Å². The summed E-state index contributed by atoms with van der Waals surface area (Å²) in [6, 6.07) is 20.6. The van der Waals surface area contributed by atoms with Gasteiger partial charge in [0.2, 0.25) is 11.8 Å². The van der Waals surface area contributed by atoms with Gasteiger partial charge in [-0.05, 0) is 56.7 Å². The van der Waals surface area contributed by atoms with Crippen LogP contribution in [-0.2, 0) is 11.2 Å². The molecule has 4 aromatic rings. The maximum Gasteiger partial charge on any atom is 0.228 e. The van der Waals surface area contributed by atoms with Gasteiger partial charge < -0.3 is 10.1 Å². The summed E-state index contributed by atoms with van der Waals surface area (Å²) >= 11 is 0. The van der Waals surface area contributed by atoms with Crippen LogP contribution in [0, 0.1) is 20.8 Å². The third-order valence-corrected chi connectivity index (χ3v) is 4.60. The van der Waals surface area contributed by atoms with Gasteiger partial charge in [0.25, 0.3) is 0 Å². The molecule has 7 heteroatoms. The molecule has 0 aliphatic heterocycles. The molecule has 1 amide bonds. The Bertz CT molecular complexity index is 1200. The lowest BCUT2D eigenvalue weighted by molar-refractivity contribution is -0.115. The van der Waals surface area contributed by atoms with Gasteiger partial charge in [0.05, 0.1) is 12.1 Å². The van der Waals surface area contributed by atoms with Gasteiger partial charge in [-0.1, -0.05) is 30.3 Å². The molecule has 2 heterocycles. The first-order chi connectivity index (χ1) is 15.0. The van der Waals surface area contributed by atoms with Crippen LogP contribution in [0.3, 0.4) is 0 Å². The number of benzene rings is 2. The van der Waals surface area contributed by atoms with E-state index in [0.29, 0.717) is 35.4 Å². The first-order valence-corrected chi connectivity index (χ1v) is 9.97. The van der Waals surface area contributed by atoms with E-state index >= 15 is 0 Å². The van der Waals surface area contributed by atoms with Crippen LogP contribution in [0.4, 0.5) is 5.69 Å². The summed E-state index contributed by atoms with van der Waals surface area (Å²) in [5.74, 6) is 2.21. The lowest BCUT2D eigenvalue weighted by Gasteiger charge is -2.10. The Morgan fingerprint density at radius 2 is 1.71 bits per heavy atom. The Hall–Kier alpha value is -4.00. The van der Waals surface area contributed by atoms with Crippen molar-refractivity contribution in [3.8, 4) is 17.4 Å². The SMILES string of the molecule is Cc1cc(C)n(-c2cc(Oc3ccc(NC(=O)Cc4ccccc4)cc3)nc(C)n2)n1. The second-order valence-corrected chi connectivity index (χ2v) is 7.29. The minimum Gasteiger partial charge on any atom is -0.439 e. The van der Waals surface area contributed by atoms with Gasteiger partial charge in [0.1, 0.15) is 11.6 Å². The Morgan fingerprint density at radius 1 is 0.968 bits per heavy atom. The molecule has 0 fully saturated rings. The molecule has 31 heavy (non-hydrogen) atoms. The molecular formula is C24H23N5O2. The first-order valence-electron chi connectivity index (χ1n) is 9.97. The smallest absolute Gasteiger partial charge is 0.228 e. The normalized spacial score (nSPS) is 10.7. The van der Waals surface area contributed by atoms with Crippen molar-refractivity contribution in [1.29, 1.82) is 0 Å². The number of anilines is 1. The first kappa shape index (κ1) is 20.3. The summed E-state index contributed by atoms with van der Waals surface area (Å²) in [6.07, 6.45) is 0.328. The number of aryl methyl sites for hydroxylation is 3. The molecule has 0 radical (unpaired) electrons. The van der Waals surface area contributed by atoms with Crippen LogP contribution in [0.2, 0.25) is 0 Å². The molecule has 0 aliphatic carbocycles. The van der Waals surface area contributed by atoms with Crippen molar-refractivity contribution >= 4 is 11.6 Å². The quantitative estimate of drug-likeness (QED) is 0.501. The van der Waals surface area contributed by atoms with E-state index in [1.807, 2.05) is 57.2 Å². The van der Waals surface area contributed by atoms with Gasteiger partial charge in [-0.15, -0.1) is 0 Å². The highest BCUT2D eigenvalue weighted by Crippen LogP contribution is 2.23. The number of hydrogen-bond acceptors (Lipinski definition) is 5. The predicted octanol–water partition coefficient (Wildman–Crippen LogP) is 4.56. The Labute approximate surface area is 180 Å². The zero-order valence-electron chi connectivity index (χ0n) is 17.7. The fourth-order valence-corrected chi connectivity index (χ4v) is 3.26. The molecule has 0 saturated carbocycles. The van der Waals surface area contributed by atoms with E-state index in [-0.39, 0.29) is 5.91 Å². The van der Waals surface area contributed by atoms with Gasteiger partial charge >= 0.3 is 0 Å². The van der Waals surface area contributed by atoms with Crippen molar-refractivity contribution in [3.63, 3.8) is 0 Å². The highest BCUT2D eigenvalue weighted by molar-refractivity contribution is 5.92. The summed E-state index contributed by atoms with van der Waals surface area (Å²) in [6.45, 7) is 5.73. The molecule has 0 bridgehead atoms. The van der Waals surface area contributed by atoms with E-state index in [1.54, 1.807) is 35.0 Å². The summed E-state index contributed by atoms with van der Waals surface area (Å²) in [5.41, 5.74) is 3.58. The van der Waals surface area contributed by atoms with E-state index in [2.05, 4.69) is 20.4 Å². The number of ether oxygens (including phenoxy) is 1. The number of rotatable bonds is 6. The topological polar surface area (TPSA) is 81.9 Å². The van der Waals surface area contributed by atoms with E-state index in [1.165, 1.54) is 0 Å². The summed E-state index contributed by atoms with van der Waals surface area (Å²) in [5, 5.41) is 7.37. The summed E-state index contributed by atoms with van der Waals surface area (Å²) < 4.78 is 7.68. The number of amides is 1. The number of aromatic nitrogens is 4. The molecule has 7 nitrogen and oxygen atoms in total. The fourth-order valence-electron chi connectivity index (χ4n) is 3.26. The van der Waals surface area contributed by atoms with Crippen LogP contribution < -0.4 is 10.1 Å². The van der Waals surface area contributed by atoms with Gasteiger partial charge in [0, 0.05) is 17.4 Å². The van der Waals surface area contributed by atoms with Crippen molar-refractivity contribution in [2.24, 2.45) is 0 Å². The maximum atomic E-state index is 12.2. The standard InChI is InChI=1S/C24H23N5O2/c1-16-13-17(2)29(28-16)22-15-24(26-18(3)25-22)31-21-11-9-20(10-12-21)27-23(30)14-19-7-5-4-6-8-19/h4-13,15H,14H2,1-3H3,(H,27,30). The largest absolute Gasteiger partial charge is 0.439 e. The zero-order valence-corrected chi connectivity index (χ0v) is 17.7. The van der Waals surface area contributed by atoms with Gasteiger partial charge in [0.15, 0.2) is 5.82 Å².